The van der Waals surface area contributed by atoms with Crippen molar-refractivity contribution in [1.29, 1.82) is 0 Å². The molecule has 0 spiro atoms. The Morgan fingerprint density at radius 2 is 1.08 bits per heavy atom. The largest absolute Gasteiger partial charge is 0.472 e. The van der Waals surface area contributed by atoms with Crippen molar-refractivity contribution < 1.29 is 74.8 Å². The van der Waals surface area contributed by atoms with Gasteiger partial charge < -0.3 is 4.74 Å². The minimum Gasteiger partial charge on any atom is -0.397 e. The predicted octanol–water partition coefficient (Wildman–Crippen LogP) is 4.02. The summed E-state index contributed by atoms with van der Waals surface area (Å²) < 4.78 is 192. The van der Waals surface area contributed by atoms with Gasteiger partial charge in [-0.15, -0.1) is 0 Å². The lowest BCUT2D eigenvalue weighted by molar-refractivity contribution is -0.435. The van der Waals surface area contributed by atoms with Crippen LogP contribution in [0.1, 0.15) is 0 Å². The predicted molar refractivity (Wildman–Crippen MR) is 47.7 cm³/mol. The second-order valence-electron chi connectivity index (χ2n) is 3.87. The van der Waals surface area contributed by atoms with Crippen molar-refractivity contribution in [2.45, 2.75) is 29.1 Å². The molecular weight excluding hydrogens is 427 g/mol. The van der Waals surface area contributed by atoms with Gasteiger partial charge in [0.2, 0.25) is 0 Å². The van der Waals surface area contributed by atoms with Crippen molar-refractivity contribution in [3.63, 3.8) is 0 Å². The number of halogens is 13. The maximum absolute atomic E-state index is 12.9. The van der Waals surface area contributed by atoms with Gasteiger partial charge in [-0.05, 0) is 0 Å². The zero-order valence-corrected chi connectivity index (χ0v) is 11.3. The second kappa shape index (κ2) is 6.06. The maximum atomic E-state index is 12.9. The van der Waals surface area contributed by atoms with Gasteiger partial charge in [0.15, 0.2) is 0 Å². The van der Waals surface area contributed by atoms with Crippen LogP contribution in [0.3, 0.4) is 0 Å². The summed E-state index contributed by atoms with van der Waals surface area (Å²) in [4.78, 5) is 0. The van der Waals surface area contributed by atoms with Crippen molar-refractivity contribution in [2.24, 2.45) is 0 Å². The van der Waals surface area contributed by atoms with Crippen LogP contribution < -0.4 is 0 Å². The summed E-state index contributed by atoms with van der Waals surface area (Å²) in [5.41, 5.74) is 0. The lowest BCUT2D eigenvalue weighted by Crippen LogP contribution is -2.68. The van der Waals surface area contributed by atoms with Crippen molar-refractivity contribution in [3.05, 3.63) is 12.1 Å². The number of alkyl halides is 10. The van der Waals surface area contributed by atoms with E-state index in [1.54, 1.807) is 4.74 Å². The molecule has 0 aliphatic heterocycles. The minimum absolute atomic E-state index is 1.75. The van der Waals surface area contributed by atoms with Gasteiger partial charge in [-0.1, -0.05) is 0 Å². The molecule has 4 nitrogen and oxygen atoms in total. The van der Waals surface area contributed by atoms with Crippen molar-refractivity contribution in [3.8, 4) is 0 Å². The minimum atomic E-state index is -8.07. The summed E-state index contributed by atoms with van der Waals surface area (Å²) in [5, 5.41) is -7.46. The van der Waals surface area contributed by atoms with Crippen LogP contribution in [-0.4, -0.2) is 42.1 Å². The molecule has 150 valence electrons. The molecule has 0 aromatic heterocycles. The molecule has 0 unspecified atom stereocenters. The van der Waals surface area contributed by atoms with Gasteiger partial charge in [0, 0.05) is 0 Å². The first-order valence-corrected chi connectivity index (χ1v) is 6.28. The monoisotopic (exact) mass is 428 g/mol. The first-order valence-electron chi connectivity index (χ1n) is 4.84. The van der Waals surface area contributed by atoms with E-state index in [1.807, 2.05) is 0 Å². The zero-order valence-electron chi connectivity index (χ0n) is 10.5. The fraction of sp³-hybridized carbons (Fsp3) is 0.714. The number of rotatable bonds is 7. The lowest BCUT2D eigenvalue weighted by Gasteiger charge is -2.37. The topological polar surface area (TPSA) is 63.6 Å². The second-order valence-corrected chi connectivity index (χ2v) is 5.33. The average molecular weight is 428 g/mol. The van der Waals surface area contributed by atoms with Crippen LogP contribution in [0.5, 0.6) is 0 Å². The van der Waals surface area contributed by atoms with Gasteiger partial charge in [0.1, 0.15) is 0 Å². The maximum Gasteiger partial charge on any atom is 0.472 e. The van der Waals surface area contributed by atoms with Gasteiger partial charge in [-0.25, -0.2) is 0 Å². The third-order valence-corrected chi connectivity index (χ3v) is 3.11. The van der Waals surface area contributed by atoms with Crippen molar-refractivity contribution in [1.82, 2.24) is 0 Å². The SMILES string of the molecule is O=S(=O)(O)C(F)(F)C(F)(F)C(F)(F)C(F)(F)C(F)(F)OC(F)=C(F)F. The van der Waals surface area contributed by atoms with E-state index in [9.17, 15) is 65.5 Å². The third kappa shape index (κ3) is 3.44. The Bertz CT molecular complexity index is 647. The van der Waals surface area contributed by atoms with E-state index in [-0.39, 0.29) is 0 Å². The molecular formula is C7HF13O4S. The number of hydrogen-bond acceptors (Lipinski definition) is 3. The summed E-state index contributed by atoms with van der Waals surface area (Å²) in [5.74, 6) is -23.9. The van der Waals surface area contributed by atoms with Gasteiger partial charge in [0.25, 0.3) is 0 Å². The molecule has 0 aromatic rings. The molecule has 0 saturated carbocycles. The average Bonchev–Trinajstić information content (AvgIpc) is 2.35. The van der Waals surface area contributed by atoms with Crippen LogP contribution in [-0.2, 0) is 14.9 Å². The van der Waals surface area contributed by atoms with Crippen LogP contribution in [0.25, 0.3) is 0 Å². The molecule has 0 bridgehead atoms. The normalized spacial score (nSPS) is 15.1. The molecule has 25 heavy (non-hydrogen) atoms. The Hall–Kier alpha value is -1.46. The molecule has 0 rings (SSSR count). The van der Waals surface area contributed by atoms with E-state index < -0.39 is 51.3 Å². The number of hydrogen-bond donors (Lipinski definition) is 1. The molecule has 0 atom stereocenters. The number of ether oxygens (including phenoxy) is 1. The highest BCUT2D eigenvalue weighted by atomic mass is 32.2. The first-order chi connectivity index (χ1) is 10.6. The highest BCUT2D eigenvalue weighted by Crippen LogP contribution is 2.58. The van der Waals surface area contributed by atoms with E-state index in [4.69, 9.17) is 4.55 Å². The fourth-order valence-corrected chi connectivity index (χ4v) is 1.39. The van der Waals surface area contributed by atoms with Gasteiger partial charge >= 0.3 is 51.3 Å². The van der Waals surface area contributed by atoms with Gasteiger partial charge in [0.05, 0.1) is 0 Å². The van der Waals surface area contributed by atoms with E-state index in [2.05, 4.69) is 0 Å². The van der Waals surface area contributed by atoms with Crippen LogP contribution in [0.2, 0.25) is 0 Å². The van der Waals surface area contributed by atoms with Crippen LogP contribution in [0.15, 0.2) is 12.1 Å². The lowest BCUT2D eigenvalue weighted by atomic mass is 10.0. The molecule has 0 aromatic carbocycles. The highest BCUT2D eigenvalue weighted by molar-refractivity contribution is 7.87. The molecule has 0 fully saturated rings. The Morgan fingerprint density at radius 1 is 0.720 bits per heavy atom. The van der Waals surface area contributed by atoms with E-state index >= 15 is 0 Å². The van der Waals surface area contributed by atoms with E-state index in [0.717, 1.165) is 0 Å². The summed E-state index contributed by atoms with van der Waals surface area (Å²) in [6.45, 7) is 0. The molecule has 1 N–H and O–H groups in total. The standard InChI is InChI=1S/C7HF13O4S/c8-1(9)2(10)24-6(17,18)4(13,14)3(11,12)5(15,16)7(19,20)25(21,22)23/h(H,21,22,23). The van der Waals surface area contributed by atoms with E-state index in [0.29, 0.717) is 0 Å². The third-order valence-electron chi connectivity index (χ3n) is 2.21. The van der Waals surface area contributed by atoms with Crippen LogP contribution in [0, 0.1) is 0 Å². The zero-order chi connectivity index (χ0) is 20.9. The van der Waals surface area contributed by atoms with Crippen molar-refractivity contribution >= 4 is 10.1 Å². The van der Waals surface area contributed by atoms with Gasteiger partial charge in [-0.2, -0.15) is 65.5 Å². The Labute approximate surface area is 127 Å². The molecule has 0 saturated heterocycles. The molecule has 0 heterocycles. The Morgan fingerprint density at radius 3 is 1.36 bits per heavy atom. The summed E-state index contributed by atoms with van der Waals surface area (Å²) in [6, 6.07) is -3.95. The summed E-state index contributed by atoms with van der Waals surface area (Å²) in [6.07, 6.45) is -11.3. The molecule has 0 radical (unpaired) electrons. The first kappa shape index (κ1) is 23.5. The molecule has 0 amide bonds. The fourth-order valence-electron chi connectivity index (χ4n) is 0.940. The van der Waals surface area contributed by atoms with Crippen molar-refractivity contribution in [2.75, 3.05) is 0 Å². The van der Waals surface area contributed by atoms with Crippen LogP contribution in [0.4, 0.5) is 57.1 Å². The summed E-state index contributed by atoms with van der Waals surface area (Å²) in [7, 11) is -7.57. The summed E-state index contributed by atoms with van der Waals surface area (Å²) >= 11 is 0. The quantitative estimate of drug-likeness (QED) is 0.378. The molecule has 0 aliphatic carbocycles. The highest BCUT2D eigenvalue weighted by Gasteiger charge is 2.90. The smallest absolute Gasteiger partial charge is 0.397 e. The van der Waals surface area contributed by atoms with Crippen LogP contribution >= 0.6 is 0 Å². The Kier molecular flexibility index (Phi) is 5.71. The molecule has 0 aliphatic rings. The molecule has 18 heteroatoms. The van der Waals surface area contributed by atoms with E-state index in [1.165, 1.54) is 0 Å². The van der Waals surface area contributed by atoms with Gasteiger partial charge in [-0.3, -0.25) is 4.55 Å². The Balaban J connectivity index is 6.35.